The summed E-state index contributed by atoms with van der Waals surface area (Å²) in [5, 5.41) is 14.5. The Hall–Kier alpha value is -3.22. The van der Waals surface area contributed by atoms with Crippen molar-refractivity contribution < 1.29 is 14.6 Å². The molecule has 0 atom stereocenters. The molecule has 0 fully saturated rings. The van der Waals surface area contributed by atoms with Crippen molar-refractivity contribution in [2.24, 2.45) is 0 Å². The molecule has 7 heteroatoms. The minimum absolute atomic E-state index is 0.0878. The first-order valence-corrected chi connectivity index (χ1v) is 7.44. The first-order valence-electron chi connectivity index (χ1n) is 7.44. The summed E-state index contributed by atoms with van der Waals surface area (Å²) in [6.07, 6.45) is 6.66. The van der Waals surface area contributed by atoms with Crippen LogP contribution in [0.3, 0.4) is 0 Å². The molecule has 0 aliphatic rings. The lowest BCUT2D eigenvalue weighted by molar-refractivity contribution is 0.0515. The van der Waals surface area contributed by atoms with Crippen LogP contribution in [0.1, 0.15) is 23.0 Å². The van der Waals surface area contributed by atoms with Crippen LogP contribution in [-0.4, -0.2) is 37.4 Å². The third kappa shape index (κ3) is 2.83. The molecule has 0 saturated heterocycles. The standard InChI is InChI=1S/C17H16N4O3/c1-3-24-17(23)15-16(22)11(2)13(9-19-15)12-8-20-21(10-12)14-6-4-5-7-18-14/h4-10,22H,3H2,1-2H3. The van der Waals surface area contributed by atoms with E-state index in [1.54, 1.807) is 37.1 Å². The largest absolute Gasteiger partial charge is 0.505 e. The summed E-state index contributed by atoms with van der Waals surface area (Å²) in [6.45, 7) is 3.63. The molecule has 0 amide bonds. The minimum Gasteiger partial charge on any atom is -0.505 e. The van der Waals surface area contributed by atoms with E-state index in [0.717, 1.165) is 5.56 Å². The third-order valence-electron chi connectivity index (χ3n) is 3.55. The summed E-state index contributed by atoms with van der Waals surface area (Å²) in [5.41, 5.74) is 1.89. The molecule has 24 heavy (non-hydrogen) atoms. The van der Waals surface area contributed by atoms with Gasteiger partial charge >= 0.3 is 5.97 Å². The van der Waals surface area contributed by atoms with E-state index >= 15 is 0 Å². The number of pyridine rings is 2. The average Bonchev–Trinajstić information content (AvgIpc) is 3.08. The van der Waals surface area contributed by atoms with Gasteiger partial charge in [-0.2, -0.15) is 5.10 Å². The smallest absolute Gasteiger partial charge is 0.360 e. The maximum atomic E-state index is 11.8. The Morgan fingerprint density at radius 1 is 1.29 bits per heavy atom. The van der Waals surface area contributed by atoms with Gasteiger partial charge in [0.05, 0.1) is 12.8 Å². The first kappa shape index (κ1) is 15.7. The molecule has 0 unspecified atom stereocenters. The van der Waals surface area contributed by atoms with Gasteiger partial charge < -0.3 is 9.84 Å². The van der Waals surface area contributed by atoms with Crippen LogP contribution in [0.25, 0.3) is 16.9 Å². The van der Waals surface area contributed by atoms with E-state index in [-0.39, 0.29) is 18.1 Å². The Morgan fingerprint density at radius 2 is 2.12 bits per heavy atom. The van der Waals surface area contributed by atoms with Gasteiger partial charge in [0.15, 0.2) is 17.3 Å². The van der Waals surface area contributed by atoms with Gasteiger partial charge in [0.25, 0.3) is 0 Å². The molecule has 0 saturated carbocycles. The Labute approximate surface area is 138 Å². The molecule has 0 bridgehead atoms. The van der Waals surface area contributed by atoms with Crippen LogP contribution in [0.2, 0.25) is 0 Å². The molecule has 0 aliphatic carbocycles. The van der Waals surface area contributed by atoms with Crippen LogP contribution >= 0.6 is 0 Å². The molecule has 7 nitrogen and oxygen atoms in total. The second kappa shape index (κ2) is 6.49. The minimum atomic E-state index is -0.645. The predicted molar refractivity (Wildman–Crippen MR) is 86.9 cm³/mol. The van der Waals surface area contributed by atoms with Crippen molar-refractivity contribution in [3.05, 3.63) is 54.2 Å². The zero-order valence-electron chi connectivity index (χ0n) is 13.3. The van der Waals surface area contributed by atoms with Crippen molar-refractivity contribution in [1.82, 2.24) is 19.7 Å². The van der Waals surface area contributed by atoms with Gasteiger partial charge in [-0.15, -0.1) is 0 Å². The number of ether oxygens (including phenoxy) is 1. The Morgan fingerprint density at radius 3 is 2.83 bits per heavy atom. The third-order valence-corrected chi connectivity index (χ3v) is 3.55. The molecule has 3 aromatic rings. The van der Waals surface area contributed by atoms with Gasteiger partial charge in [0.1, 0.15) is 0 Å². The van der Waals surface area contributed by atoms with Crippen LogP contribution < -0.4 is 0 Å². The molecule has 1 N–H and O–H groups in total. The van der Waals surface area contributed by atoms with E-state index in [4.69, 9.17) is 4.74 Å². The van der Waals surface area contributed by atoms with E-state index < -0.39 is 5.97 Å². The Bertz CT molecular complexity index is 875. The lowest BCUT2D eigenvalue weighted by Gasteiger charge is -2.09. The molecule has 3 rings (SSSR count). The number of carbonyl (C=O) groups is 1. The van der Waals surface area contributed by atoms with Crippen LogP contribution in [0, 0.1) is 6.92 Å². The van der Waals surface area contributed by atoms with Gasteiger partial charge in [-0.1, -0.05) is 6.07 Å². The van der Waals surface area contributed by atoms with Crippen molar-refractivity contribution in [1.29, 1.82) is 0 Å². The summed E-state index contributed by atoms with van der Waals surface area (Å²) in [6, 6.07) is 5.54. The number of rotatable bonds is 4. The number of aromatic nitrogens is 4. The summed E-state index contributed by atoms with van der Waals surface area (Å²) in [7, 11) is 0. The van der Waals surface area contributed by atoms with Crippen molar-refractivity contribution >= 4 is 5.97 Å². The lowest BCUT2D eigenvalue weighted by Crippen LogP contribution is -2.08. The molecule has 3 heterocycles. The number of carbonyl (C=O) groups excluding carboxylic acids is 1. The number of nitrogens with zero attached hydrogens (tertiary/aromatic N) is 4. The number of hydrogen-bond acceptors (Lipinski definition) is 6. The quantitative estimate of drug-likeness (QED) is 0.742. The van der Waals surface area contributed by atoms with E-state index in [9.17, 15) is 9.90 Å². The second-order valence-electron chi connectivity index (χ2n) is 5.08. The molecule has 122 valence electrons. The van der Waals surface area contributed by atoms with Crippen LogP contribution in [0.5, 0.6) is 5.75 Å². The van der Waals surface area contributed by atoms with Crippen molar-refractivity contribution in [2.75, 3.05) is 6.61 Å². The van der Waals surface area contributed by atoms with Gasteiger partial charge in [-0.3, -0.25) is 0 Å². The topological polar surface area (TPSA) is 90.1 Å². The predicted octanol–water partition coefficient (Wildman–Crippen LogP) is 2.52. The number of hydrogen-bond donors (Lipinski definition) is 1. The maximum absolute atomic E-state index is 11.8. The lowest BCUT2D eigenvalue weighted by atomic mass is 10.0. The molecule has 3 aromatic heterocycles. The maximum Gasteiger partial charge on any atom is 0.360 e. The Kier molecular flexibility index (Phi) is 4.24. The first-order chi connectivity index (χ1) is 11.6. The van der Waals surface area contributed by atoms with Gasteiger partial charge in [0.2, 0.25) is 0 Å². The monoisotopic (exact) mass is 324 g/mol. The molecule has 0 spiro atoms. The highest BCUT2D eigenvalue weighted by atomic mass is 16.5. The zero-order valence-corrected chi connectivity index (χ0v) is 13.3. The second-order valence-corrected chi connectivity index (χ2v) is 5.08. The SMILES string of the molecule is CCOC(=O)c1ncc(-c2cnn(-c3ccccn3)c2)c(C)c1O. The Balaban J connectivity index is 1.98. The highest BCUT2D eigenvalue weighted by Gasteiger charge is 2.19. The number of aromatic hydroxyl groups is 1. The van der Waals surface area contributed by atoms with Gasteiger partial charge in [-0.05, 0) is 26.0 Å². The highest BCUT2D eigenvalue weighted by Crippen LogP contribution is 2.31. The number of esters is 1. The van der Waals surface area contributed by atoms with Gasteiger partial charge in [0, 0.05) is 35.3 Å². The van der Waals surface area contributed by atoms with Crippen LogP contribution in [0.15, 0.2) is 43.0 Å². The molecule has 0 radical (unpaired) electrons. The van der Waals surface area contributed by atoms with Gasteiger partial charge in [-0.25, -0.2) is 19.4 Å². The fourth-order valence-electron chi connectivity index (χ4n) is 2.31. The van der Waals surface area contributed by atoms with Crippen molar-refractivity contribution in [2.45, 2.75) is 13.8 Å². The fraction of sp³-hybridized carbons (Fsp3) is 0.176. The average molecular weight is 324 g/mol. The molecule has 0 aliphatic heterocycles. The van der Waals surface area contributed by atoms with E-state index in [1.807, 2.05) is 18.2 Å². The summed E-state index contributed by atoms with van der Waals surface area (Å²) in [4.78, 5) is 20.1. The summed E-state index contributed by atoms with van der Waals surface area (Å²) >= 11 is 0. The molecule has 0 aromatic carbocycles. The fourth-order valence-corrected chi connectivity index (χ4v) is 2.31. The van der Waals surface area contributed by atoms with Crippen LogP contribution in [-0.2, 0) is 4.74 Å². The van der Waals surface area contributed by atoms with E-state index in [0.29, 0.717) is 16.9 Å². The summed E-state index contributed by atoms with van der Waals surface area (Å²) < 4.78 is 6.52. The van der Waals surface area contributed by atoms with E-state index in [1.165, 1.54) is 6.20 Å². The molecular formula is C17H16N4O3. The molecular weight excluding hydrogens is 308 g/mol. The normalized spacial score (nSPS) is 10.6. The summed E-state index contributed by atoms with van der Waals surface area (Å²) in [5.74, 6) is -0.146. The zero-order chi connectivity index (χ0) is 17.1. The van der Waals surface area contributed by atoms with Crippen molar-refractivity contribution in [3.8, 4) is 22.7 Å². The highest BCUT2D eigenvalue weighted by molar-refractivity contribution is 5.91. The van der Waals surface area contributed by atoms with Crippen LogP contribution in [0.4, 0.5) is 0 Å². The van der Waals surface area contributed by atoms with E-state index in [2.05, 4.69) is 15.1 Å². The van der Waals surface area contributed by atoms with Crippen molar-refractivity contribution in [3.63, 3.8) is 0 Å².